The predicted molar refractivity (Wildman–Crippen MR) is 226 cm³/mol. The van der Waals surface area contributed by atoms with Crippen LogP contribution in [0.25, 0.3) is 10.9 Å². The smallest absolute Gasteiger partial charge is 0.407 e. The molecule has 0 fully saturated rings. The van der Waals surface area contributed by atoms with E-state index in [2.05, 4.69) is 43.8 Å². The molecule has 0 radical (unpaired) electrons. The number of nitrogens with two attached hydrogens (primary N) is 1. The Bertz CT molecular complexity index is 1920. The number of carboxylic acids is 1. The second kappa shape index (κ2) is 26.6. The van der Waals surface area contributed by atoms with Crippen molar-refractivity contribution in [2.45, 2.75) is 121 Å². The molecule has 1 aromatic heterocycles. The number of hydrogen-bond acceptors (Lipinski definition) is 9. The SMILES string of the molecule is CCCCCCCCCC(=O)NC(CCCNC(=O)OCc1ccccc1)C(=O)NC(Cc1c[nH]c2ccccc12)C(=O)NC(CC(N)=O)C(=O)NC(CC(=O)O)C(=O)NC. The van der Waals surface area contributed by atoms with E-state index in [1.165, 1.54) is 7.05 Å². The highest BCUT2D eigenvalue weighted by Crippen LogP contribution is 2.20. The summed E-state index contributed by atoms with van der Waals surface area (Å²) < 4.78 is 5.27. The first kappa shape index (κ1) is 48.9. The molecule has 0 bridgehead atoms. The molecule has 0 saturated carbocycles. The third-order valence-corrected chi connectivity index (χ3v) is 9.84. The summed E-state index contributed by atoms with van der Waals surface area (Å²) in [4.78, 5) is 106. The van der Waals surface area contributed by atoms with E-state index >= 15 is 0 Å². The molecule has 3 aromatic rings. The van der Waals surface area contributed by atoms with Crippen LogP contribution in [0, 0.1) is 0 Å². The van der Waals surface area contributed by atoms with Gasteiger partial charge in [0.1, 0.15) is 30.8 Å². The summed E-state index contributed by atoms with van der Waals surface area (Å²) in [7, 11) is 1.24. The highest BCUT2D eigenvalue weighted by Gasteiger charge is 2.33. The number of carbonyl (C=O) groups is 8. The molecule has 4 unspecified atom stereocenters. The summed E-state index contributed by atoms with van der Waals surface area (Å²) in [6, 6.07) is 10.6. The summed E-state index contributed by atoms with van der Waals surface area (Å²) in [6.07, 6.45) is 6.74. The fourth-order valence-corrected chi connectivity index (χ4v) is 6.56. The van der Waals surface area contributed by atoms with Gasteiger partial charge < -0.3 is 52.5 Å². The van der Waals surface area contributed by atoms with Crippen LogP contribution in [0.3, 0.4) is 0 Å². The molecule has 4 atom stereocenters. The number of benzene rings is 2. The summed E-state index contributed by atoms with van der Waals surface area (Å²) in [6.45, 7) is 2.30. The Morgan fingerprint density at radius 2 is 1.31 bits per heavy atom. The highest BCUT2D eigenvalue weighted by atomic mass is 16.5. The van der Waals surface area contributed by atoms with Gasteiger partial charge in [0.15, 0.2) is 0 Å². The maximum absolute atomic E-state index is 14.1. The van der Waals surface area contributed by atoms with Gasteiger partial charge in [-0.15, -0.1) is 0 Å². The number of amides is 7. The number of likely N-dealkylation sites (N-methyl/N-ethyl adjacent to an activating group) is 1. The Morgan fingerprint density at radius 1 is 0.705 bits per heavy atom. The first-order valence-electron chi connectivity index (χ1n) is 20.7. The van der Waals surface area contributed by atoms with Gasteiger partial charge >= 0.3 is 12.1 Å². The lowest BCUT2D eigenvalue weighted by molar-refractivity contribution is -0.141. The van der Waals surface area contributed by atoms with Crippen molar-refractivity contribution in [3.63, 3.8) is 0 Å². The zero-order valence-corrected chi connectivity index (χ0v) is 34.9. The van der Waals surface area contributed by atoms with Gasteiger partial charge in [-0.2, -0.15) is 0 Å². The van der Waals surface area contributed by atoms with Crippen molar-refractivity contribution in [1.82, 2.24) is 36.9 Å². The van der Waals surface area contributed by atoms with Crippen molar-refractivity contribution in [2.24, 2.45) is 5.73 Å². The number of primary amides is 1. The van der Waals surface area contributed by atoms with E-state index in [0.717, 1.165) is 55.0 Å². The number of aromatic amines is 1. The standard InChI is InChI=1S/C43H60N8O10/c1-3-4-5-6-7-8-12-21-37(53)48-32(20-15-22-46-43(60)61-27-28-16-10-9-11-17-28)40(57)49-33(23-29-26-47-31-19-14-13-18-30(29)31)41(58)50-34(24-36(44)52)42(59)51-35(25-38(54)55)39(56)45-2/h9-11,13-14,16-19,26,32-35,47H,3-8,12,15,20-25,27H2,1-2H3,(H2,44,52)(H,45,56)(H,46,60)(H,48,53)(H,49,57)(H,50,58)(H,51,59)(H,54,55). The molecular weight excluding hydrogens is 789 g/mol. The van der Waals surface area contributed by atoms with Crippen LogP contribution in [0.5, 0.6) is 0 Å². The molecule has 18 nitrogen and oxygen atoms in total. The van der Waals surface area contributed by atoms with E-state index < -0.39 is 78.6 Å². The van der Waals surface area contributed by atoms with Crippen LogP contribution in [0.4, 0.5) is 4.79 Å². The normalized spacial score (nSPS) is 12.8. The Balaban J connectivity index is 1.81. The van der Waals surface area contributed by atoms with Crippen LogP contribution in [0.2, 0.25) is 0 Å². The topological polar surface area (TPSA) is 280 Å². The molecule has 3 rings (SSSR count). The van der Waals surface area contributed by atoms with Crippen LogP contribution < -0.4 is 37.6 Å². The number of aromatic nitrogens is 1. The van der Waals surface area contributed by atoms with Gasteiger partial charge in [-0.05, 0) is 36.5 Å². The minimum absolute atomic E-state index is 0.0607. The first-order chi connectivity index (χ1) is 29.3. The number of hydrogen-bond donors (Lipinski definition) is 9. The van der Waals surface area contributed by atoms with Crippen molar-refractivity contribution in [2.75, 3.05) is 13.6 Å². The number of unbranched alkanes of at least 4 members (excludes halogenated alkanes) is 6. The molecule has 2 aromatic carbocycles. The maximum atomic E-state index is 14.1. The zero-order chi connectivity index (χ0) is 44.6. The highest BCUT2D eigenvalue weighted by molar-refractivity contribution is 5.98. The summed E-state index contributed by atoms with van der Waals surface area (Å²) in [5.41, 5.74) is 7.59. The molecule has 0 saturated heterocycles. The van der Waals surface area contributed by atoms with Gasteiger partial charge in [-0.3, -0.25) is 33.6 Å². The Labute approximate surface area is 355 Å². The summed E-state index contributed by atoms with van der Waals surface area (Å²) in [5.74, 6) is -6.29. The van der Waals surface area contributed by atoms with Crippen LogP contribution in [0.1, 0.15) is 95.1 Å². The van der Waals surface area contributed by atoms with Crippen molar-refractivity contribution >= 4 is 58.4 Å². The number of nitrogens with one attached hydrogen (secondary N) is 7. The Hall–Kier alpha value is -6.46. The average Bonchev–Trinajstić information content (AvgIpc) is 3.65. The number of carboxylic acid groups (broad SMARTS) is 1. The maximum Gasteiger partial charge on any atom is 0.407 e. The number of H-pyrrole nitrogens is 1. The largest absolute Gasteiger partial charge is 0.481 e. The number of para-hydroxylation sites is 1. The monoisotopic (exact) mass is 848 g/mol. The third kappa shape index (κ3) is 18.1. The minimum atomic E-state index is -1.67. The second-order valence-electron chi connectivity index (χ2n) is 14.8. The summed E-state index contributed by atoms with van der Waals surface area (Å²) >= 11 is 0. The molecular formula is C43H60N8O10. The second-order valence-corrected chi connectivity index (χ2v) is 14.8. The Morgan fingerprint density at radius 3 is 1.98 bits per heavy atom. The predicted octanol–water partition coefficient (Wildman–Crippen LogP) is 2.59. The molecule has 0 aliphatic heterocycles. The van der Waals surface area contributed by atoms with Crippen LogP contribution in [-0.4, -0.2) is 95.4 Å². The number of alkyl carbamates (subject to hydrolysis) is 1. The molecule has 10 N–H and O–H groups in total. The molecule has 332 valence electrons. The zero-order valence-electron chi connectivity index (χ0n) is 34.9. The lowest BCUT2D eigenvalue weighted by Crippen LogP contribution is -2.59. The number of aliphatic carboxylic acids is 1. The van der Waals surface area contributed by atoms with Gasteiger partial charge in [0.05, 0.1) is 12.8 Å². The van der Waals surface area contributed by atoms with Gasteiger partial charge in [0, 0.05) is 43.5 Å². The average molecular weight is 849 g/mol. The van der Waals surface area contributed by atoms with Crippen molar-refractivity contribution in [3.05, 3.63) is 71.9 Å². The van der Waals surface area contributed by atoms with Crippen molar-refractivity contribution in [3.8, 4) is 0 Å². The number of fused-ring (bicyclic) bond motifs is 1. The number of rotatable bonds is 28. The fourth-order valence-electron chi connectivity index (χ4n) is 6.56. The van der Waals surface area contributed by atoms with E-state index in [-0.39, 0.29) is 44.7 Å². The minimum Gasteiger partial charge on any atom is -0.481 e. The van der Waals surface area contributed by atoms with Gasteiger partial charge in [-0.1, -0.05) is 94.0 Å². The van der Waals surface area contributed by atoms with Gasteiger partial charge in [0.2, 0.25) is 35.4 Å². The molecule has 0 aliphatic rings. The van der Waals surface area contributed by atoms with Crippen molar-refractivity contribution in [1.29, 1.82) is 0 Å². The van der Waals surface area contributed by atoms with Crippen LogP contribution in [0.15, 0.2) is 60.8 Å². The lowest BCUT2D eigenvalue weighted by Gasteiger charge is -2.26. The lowest BCUT2D eigenvalue weighted by atomic mass is 10.0. The number of carbonyl (C=O) groups excluding carboxylic acids is 7. The Kier molecular flexibility index (Phi) is 21.3. The molecule has 7 amide bonds. The van der Waals surface area contributed by atoms with E-state index in [9.17, 15) is 43.5 Å². The van der Waals surface area contributed by atoms with E-state index in [1.807, 2.05) is 48.5 Å². The fraction of sp³-hybridized carbons (Fsp3) is 0.488. The molecule has 61 heavy (non-hydrogen) atoms. The van der Waals surface area contributed by atoms with E-state index in [0.29, 0.717) is 12.0 Å². The van der Waals surface area contributed by atoms with Gasteiger partial charge in [0.25, 0.3) is 0 Å². The molecule has 0 spiro atoms. The quantitative estimate of drug-likeness (QED) is 0.0482. The van der Waals surface area contributed by atoms with Crippen LogP contribution >= 0.6 is 0 Å². The van der Waals surface area contributed by atoms with Gasteiger partial charge in [-0.25, -0.2) is 4.79 Å². The first-order valence-corrected chi connectivity index (χ1v) is 20.7. The molecule has 1 heterocycles. The van der Waals surface area contributed by atoms with Crippen molar-refractivity contribution < 1.29 is 48.2 Å². The summed E-state index contributed by atoms with van der Waals surface area (Å²) in [5, 5.41) is 25.2. The van der Waals surface area contributed by atoms with E-state index in [4.69, 9.17) is 10.5 Å². The molecule has 18 heteroatoms. The molecule has 0 aliphatic carbocycles. The van der Waals surface area contributed by atoms with E-state index in [1.54, 1.807) is 12.3 Å². The third-order valence-electron chi connectivity index (χ3n) is 9.84. The number of ether oxygens (including phenoxy) is 1. The van der Waals surface area contributed by atoms with Crippen LogP contribution in [-0.2, 0) is 51.3 Å².